The Morgan fingerprint density at radius 2 is 1.55 bits per heavy atom. The summed E-state index contributed by atoms with van der Waals surface area (Å²) in [6, 6.07) is -0.750. The molecule has 11 heteroatoms. The van der Waals surface area contributed by atoms with Gasteiger partial charge >= 0.3 is 11.9 Å². The van der Waals surface area contributed by atoms with E-state index in [1.165, 1.54) is 70.5 Å². The van der Waals surface area contributed by atoms with Gasteiger partial charge in [-0.3, -0.25) is 19.4 Å². The standard InChI is InChI=1S/C31H54N6O5/c1-4-5-6-7-8-9-10-11-12-13-14-15-16-17-25(38)41-21-19-24(42-30(40)26(32)23(2)3)18-20-37-22-34-27-28(37)35-31(33)36-29(27)39/h22-24,26H,4-21,32H2,1-3H3,(H3,33,35,36,39)/t24?,26-/m0/s1. The number of H-pyrrole nitrogens is 1. The number of aryl methyl sites for hydroxylation is 1. The van der Waals surface area contributed by atoms with Crippen LogP contribution in [0.3, 0.4) is 0 Å². The Kier molecular flexibility index (Phi) is 16.8. The number of aromatic nitrogens is 4. The number of unbranched alkanes of at least 4 members (excludes halogenated alkanes) is 12. The molecular weight excluding hydrogens is 536 g/mol. The maximum Gasteiger partial charge on any atom is 0.323 e. The molecule has 0 amide bonds. The van der Waals surface area contributed by atoms with Crippen molar-refractivity contribution in [3.8, 4) is 0 Å². The minimum atomic E-state index is -0.750. The average Bonchev–Trinajstić information content (AvgIpc) is 3.36. The van der Waals surface area contributed by atoms with Crippen LogP contribution in [0.15, 0.2) is 11.1 Å². The lowest BCUT2D eigenvalue weighted by Gasteiger charge is -2.22. The summed E-state index contributed by atoms with van der Waals surface area (Å²) in [5.41, 5.74) is 11.8. The van der Waals surface area contributed by atoms with Gasteiger partial charge in [-0.15, -0.1) is 0 Å². The van der Waals surface area contributed by atoms with Gasteiger partial charge in [0.2, 0.25) is 5.95 Å². The number of ether oxygens (including phenoxy) is 2. The second-order valence-electron chi connectivity index (χ2n) is 11.7. The summed E-state index contributed by atoms with van der Waals surface area (Å²) >= 11 is 0. The van der Waals surface area contributed by atoms with Crippen molar-refractivity contribution in [2.45, 2.75) is 142 Å². The van der Waals surface area contributed by atoms with E-state index >= 15 is 0 Å². The van der Waals surface area contributed by atoms with Gasteiger partial charge in [0.05, 0.1) is 12.9 Å². The molecule has 2 aromatic heterocycles. The monoisotopic (exact) mass is 590 g/mol. The minimum Gasteiger partial charge on any atom is -0.466 e. The normalized spacial score (nSPS) is 13.0. The van der Waals surface area contributed by atoms with Crippen LogP contribution in [-0.2, 0) is 25.6 Å². The van der Waals surface area contributed by atoms with Crippen LogP contribution in [0, 0.1) is 5.92 Å². The van der Waals surface area contributed by atoms with Crippen LogP contribution in [0.1, 0.15) is 124 Å². The number of hydrogen-bond acceptors (Lipinski definition) is 9. The van der Waals surface area contributed by atoms with Crippen LogP contribution < -0.4 is 17.0 Å². The first kappa shape index (κ1) is 35.2. The Morgan fingerprint density at radius 3 is 2.14 bits per heavy atom. The molecule has 0 bridgehead atoms. The number of nitrogens with zero attached hydrogens (tertiary/aromatic N) is 3. The third kappa shape index (κ3) is 13.4. The number of nitrogens with one attached hydrogen (secondary N) is 1. The first-order valence-electron chi connectivity index (χ1n) is 16.0. The maximum absolute atomic E-state index is 12.6. The number of nitrogen functional groups attached to an aromatic ring is 1. The summed E-state index contributed by atoms with van der Waals surface area (Å²) in [6.45, 7) is 6.46. The van der Waals surface area contributed by atoms with E-state index < -0.39 is 23.7 Å². The summed E-state index contributed by atoms with van der Waals surface area (Å²) in [5, 5.41) is 0. The molecule has 1 unspecified atom stereocenters. The predicted octanol–water partition coefficient (Wildman–Crippen LogP) is 5.40. The molecule has 0 radical (unpaired) electrons. The first-order valence-corrected chi connectivity index (χ1v) is 16.0. The van der Waals surface area contributed by atoms with E-state index in [0.717, 1.165) is 19.3 Å². The molecular formula is C31H54N6O5. The number of imidazole rings is 1. The zero-order chi connectivity index (χ0) is 30.7. The summed E-state index contributed by atoms with van der Waals surface area (Å²) < 4.78 is 12.8. The molecule has 0 aliphatic carbocycles. The summed E-state index contributed by atoms with van der Waals surface area (Å²) in [5.74, 6) is -0.813. The molecule has 0 fully saturated rings. The Morgan fingerprint density at radius 1 is 0.952 bits per heavy atom. The molecule has 11 nitrogen and oxygen atoms in total. The molecule has 2 atom stereocenters. The van der Waals surface area contributed by atoms with Gasteiger partial charge in [-0.25, -0.2) is 4.98 Å². The molecule has 0 spiro atoms. The Labute approximate surface area is 250 Å². The Bertz CT molecular complexity index is 1110. The zero-order valence-electron chi connectivity index (χ0n) is 26.1. The molecule has 2 heterocycles. The van der Waals surface area contributed by atoms with Crippen LogP contribution in [0.4, 0.5) is 5.95 Å². The van der Waals surface area contributed by atoms with Crippen molar-refractivity contribution in [3.63, 3.8) is 0 Å². The van der Waals surface area contributed by atoms with E-state index in [1.54, 1.807) is 4.57 Å². The van der Waals surface area contributed by atoms with E-state index in [1.807, 2.05) is 13.8 Å². The molecule has 0 saturated heterocycles. The van der Waals surface area contributed by atoms with Crippen LogP contribution >= 0.6 is 0 Å². The van der Waals surface area contributed by atoms with Gasteiger partial charge < -0.3 is 25.5 Å². The number of nitrogens with two attached hydrogens (primary N) is 2. The number of rotatable bonds is 23. The van der Waals surface area contributed by atoms with E-state index in [0.29, 0.717) is 31.5 Å². The van der Waals surface area contributed by atoms with Crippen molar-refractivity contribution in [2.24, 2.45) is 11.7 Å². The van der Waals surface area contributed by atoms with Gasteiger partial charge in [0.25, 0.3) is 5.56 Å². The molecule has 0 aliphatic rings. The number of aromatic amines is 1. The van der Waals surface area contributed by atoms with Gasteiger partial charge in [0.15, 0.2) is 11.2 Å². The molecule has 5 N–H and O–H groups in total. The minimum absolute atomic E-state index is 0.00413. The number of anilines is 1. The van der Waals surface area contributed by atoms with Crippen LogP contribution in [0.25, 0.3) is 11.2 Å². The van der Waals surface area contributed by atoms with E-state index in [4.69, 9.17) is 20.9 Å². The lowest BCUT2D eigenvalue weighted by molar-refractivity contribution is -0.154. The van der Waals surface area contributed by atoms with E-state index in [9.17, 15) is 14.4 Å². The summed E-state index contributed by atoms with van der Waals surface area (Å²) in [6.07, 6.45) is 18.4. The highest BCUT2D eigenvalue weighted by atomic mass is 16.6. The number of hydrogen-bond donors (Lipinski definition) is 3. The van der Waals surface area contributed by atoms with Crippen LogP contribution in [0.2, 0.25) is 0 Å². The van der Waals surface area contributed by atoms with Gasteiger partial charge in [0.1, 0.15) is 12.1 Å². The first-order chi connectivity index (χ1) is 20.2. The molecule has 2 rings (SSSR count). The third-order valence-corrected chi connectivity index (χ3v) is 7.65. The number of carbonyl (C=O) groups is 2. The quantitative estimate of drug-likeness (QED) is 0.113. The number of fused-ring (bicyclic) bond motifs is 1. The van der Waals surface area contributed by atoms with E-state index in [2.05, 4.69) is 21.9 Å². The second kappa shape index (κ2) is 20.0. The van der Waals surface area contributed by atoms with Crippen molar-refractivity contribution >= 4 is 29.1 Å². The molecule has 2 aromatic rings. The second-order valence-corrected chi connectivity index (χ2v) is 11.7. The number of esters is 2. The molecule has 0 aliphatic heterocycles. The van der Waals surface area contributed by atoms with Crippen molar-refractivity contribution < 1.29 is 19.1 Å². The topological polar surface area (TPSA) is 168 Å². The third-order valence-electron chi connectivity index (χ3n) is 7.65. The molecule has 42 heavy (non-hydrogen) atoms. The van der Waals surface area contributed by atoms with Crippen molar-refractivity contribution in [1.82, 2.24) is 19.5 Å². The van der Waals surface area contributed by atoms with Crippen molar-refractivity contribution in [1.29, 1.82) is 0 Å². The highest BCUT2D eigenvalue weighted by molar-refractivity contribution is 5.76. The lowest BCUT2D eigenvalue weighted by atomic mass is 10.0. The largest absolute Gasteiger partial charge is 0.466 e. The SMILES string of the molecule is CCCCCCCCCCCCCCCC(=O)OCCC(CCn1cnc2c(=O)[nH]c(N)nc21)OC(=O)[C@@H](N)C(C)C. The van der Waals surface area contributed by atoms with Crippen LogP contribution in [0.5, 0.6) is 0 Å². The molecule has 238 valence electrons. The van der Waals surface area contributed by atoms with Gasteiger partial charge in [-0.05, 0) is 12.3 Å². The predicted molar refractivity (Wildman–Crippen MR) is 166 cm³/mol. The summed E-state index contributed by atoms with van der Waals surface area (Å²) in [7, 11) is 0. The average molecular weight is 591 g/mol. The van der Waals surface area contributed by atoms with Crippen molar-refractivity contribution in [2.75, 3.05) is 12.3 Å². The maximum atomic E-state index is 12.6. The molecule has 0 saturated carbocycles. The zero-order valence-corrected chi connectivity index (χ0v) is 26.1. The number of carbonyl (C=O) groups excluding carboxylic acids is 2. The lowest BCUT2D eigenvalue weighted by Crippen LogP contribution is -2.39. The van der Waals surface area contributed by atoms with E-state index in [-0.39, 0.29) is 30.0 Å². The van der Waals surface area contributed by atoms with Gasteiger partial charge in [-0.2, -0.15) is 4.98 Å². The van der Waals surface area contributed by atoms with Crippen LogP contribution in [-0.4, -0.2) is 50.2 Å². The fourth-order valence-corrected chi connectivity index (χ4v) is 4.86. The Hall–Kier alpha value is -2.95. The highest BCUT2D eigenvalue weighted by Gasteiger charge is 2.23. The smallest absolute Gasteiger partial charge is 0.323 e. The summed E-state index contributed by atoms with van der Waals surface area (Å²) in [4.78, 5) is 47.6. The van der Waals surface area contributed by atoms with Crippen molar-refractivity contribution in [3.05, 3.63) is 16.7 Å². The van der Waals surface area contributed by atoms with Gasteiger partial charge in [-0.1, -0.05) is 97.8 Å². The fraction of sp³-hybridized carbons (Fsp3) is 0.774. The fourth-order valence-electron chi connectivity index (χ4n) is 4.86. The molecule has 0 aromatic carbocycles. The highest BCUT2D eigenvalue weighted by Crippen LogP contribution is 2.15. The Balaban J connectivity index is 1.69. The van der Waals surface area contributed by atoms with Gasteiger partial charge in [0, 0.05) is 25.8 Å².